The second kappa shape index (κ2) is 8.81. The van der Waals surface area contributed by atoms with E-state index in [1.54, 1.807) is 4.68 Å². The van der Waals surface area contributed by atoms with Crippen molar-refractivity contribution in [2.24, 2.45) is 0 Å². The second-order valence-corrected chi connectivity index (χ2v) is 7.24. The Morgan fingerprint density at radius 1 is 1.22 bits per heavy atom. The molecule has 0 bridgehead atoms. The lowest BCUT2D eigenvalue weighted by atomic mass is 10.2. The van der Waals surface area contributed by atoms with Gasteiger partial charge in [0.2, 0.25) is 11.1 Å². The van der Waals surface area contributed by atoms with Crippen LogP contribution in [0.25, 0.3) is 5.69 Å². The van der Waals surface area contributed by atoms with E-state index in [0.29, 0.717) is 11.7 Å². The average Bonchev–Trinajstić information content (AvgIpc) is 3.23. The minimum Gasteiger partial charge on any atom is -0.355 e. The first-order valence-electron chi connectivity index (χ1n) is 8.79. The van der Waals surface area contributed by atoms with Gasteiger partial charge in [-0.1, -0.05) is 30.0 Å². The van der Waals surface area contributed by atoms with E-state index < -0.39 is 0 Å². The molecule has 0 radical (unpaired) electrons. The molecule has 27 heavy (non-hydrogen) atoms. The van der Waals surface area contributed by atoms with E-state index in [4.69, 9.17) is 0 Å². The highest BCUT2D eigenvalue weighted by molar-refractivity contribution is 7.99. The minimum atomic E-state index is -0.0345. The topological polar surface area (TPSA) is 90.5 Å². The smallest absolute Gasteiger partial charge is 0.230 e. The van der Waals surface area contributed by atoms with Gasteiger partial charge in [0.15, 0.2) is 0 Å². The monoisotopic (exact) mass is 385 g/mol. The van der Waals surface area contributed by atoms with Gasteiger partial charge in [0.25, 0.3) is 0 Å². The quantitative estimate of drug-likeness (QED) is 0.472. The van der Waals surface area contributed by atoms with E-state index in [1.807, 2.05) is 55.8 Å². The maximum atomic E-state index is 12.1. The largest absolute Gasteiger partial charge is 0.355 e. The number of rotatable bonds is 8. The van der Waals surface area contributed by atoms with Gasteiger partial charge in [-0.25, -0.2) is 0 Å². The number of benzene rings is 1. The van der Waals surface area contributed by atoms with Crippen LogP contribution >= 0.6 is 11.8 Å². The number of aromatic nitrogens is 6. The number of nitrogens with zero attached hydrogens (tertiary/aromatic N) is 6. The molecule has 8 nitrogen and oxygen atoms in total. The number of aryl methyl sites for hydroxylation is 4. The second-order valence-electron chi connectivity index (χ2n) is 6.30. The van der Waals surface area contributed by atoms with Crippen molar-refractivity contribution in [1.82, 2.24) is 35.3 Å². The Labute approximate surface area is 162 Å². The molecule has 0 unspecified atom stereocenters. The molecule has 1 N–H and O–H groups in total. The summed E-state index contributed by atoms with van der Waals surface area (Å²) >= 11 is 1.32. The number of carbonyl (C=O) groups is 1. The lowest BCUT2D eigenvalue weighted by molar-refractivity contribution is -0.118. The summed E-state index contributed by atoms with van der Waals surface area (Å²) in [6.07, 6.45) is 0.833. The van der Waals surface area contributed by atoms with Crippen LogP contribution in [0.15, 0.2) is 35.5 Å². The van der Waals surface area contributed by atoms with Crippen LogP contribution in [-0.4, -0.2) is 48.2 Å². The zero-order valence-electron chi connectivity index (χ0n) is 15.7. The molecule has 2 heterocycles. The van der Waals surface area contributed by atoms with Crippen LogP contribution in [0, 0.1) is 20.8 Å². The summed E-state index contributed by atoms with van der Waals surface area (Å²) in [7, 11) is 0. The van der Waals surface area contributed by atoms with Crippen LogP contribution in [0.3, 0.4) is 0 Å². The lowest BCUT2D eigenvalue weighted by Gasteiger charge is -2.08. The van der Waals surface area contributed by atoms with E-state index in [9.17, 15) is 4.79 Å². The molecule has 9 heteroatoms. The summed E-state index contributed by atoms with van der Waals surface area (Å²) in [6, 6.07) is 9.91. The van der Waals surface area contributed by atoms with Gasteiger partial charge in [-0.2, -0.15) is 9.78 Å². The summed E-state index contributed by atoms with van der Waals surface area (Å²) in [5.74, 6) is 0.235. The van der Waals surface area contributed by atoms with Crippen molar-refractivity contribution in [2.75, 3.05) is 12.3 Å². The van der Waals surface area contributed by atoms with E-state index in [0.717, 1.165) is 35.6 Å². The molecule has 0 aliphatic rings. The van der Waals surface area contributed by atoms with Crippen molar-refractivity contribution in [3.05, 3.63) is 47.3 Å². The fraction of sp³-hybridized carbons (Fsp3) is 0.389. The zero-order valence-corrected chi connectivity index (χ0v) is 16.5. The van der Waals surface area contributed by atoms with Crippen LogP contribution in [0.4, 0.5) is 0 Å². The highest BCUT2D eigenvalue weighted by atomic mass is 32.2. The molecular weight excluding hydrogens is 362 g/mol. The Hall–Kier alpha value is -2.68. The normalized spacial score (nSPS) is 10.9. The van der Waals surface area contributed by atoms with Gasteiger partial charge in [0.1, 0.15) is 0 Å². The van der Waals surface area contributed by atoms with Gasteiger partial charge < -0.3 is 5.32 Å². The third kappa shape index (κ3) is 4.94. The summed E-state index contributed by atoms with van der Waals surface area (Å²) in [6.45, 7) is 7.42. The lowest BCUT2D eigenvalue weighted by Crippen LogP contribution is -2.27. The van der Waals surface area contributed by atoms with Gasteiger partial charge >= 0.3 is 0 Å². The Bertz CT molecular complexity index is 918. The summed E-state index contributed by atoms with van der Waals surface area (Å²) in [4.78, 5) is 12.1. The van der Waals surface area contributed by atoms with E-state index in [-0.39, 0.29) is 11.7 Å². The molecule has 0 fully saturated rings. The van der Waals surface area contributed by atoms with Crippen LogP contribution < -0.4 is 5.32 Å². The van der Waals surface area contributed by atoms with Gasteiger partial charge in [-0.3, -0.25) is 9.48 Å². The Balaban J connectivity index is 1.46. The van der Waals surface area contributed by atoms with Crippen molar-refractivity contribution in [2.45, 2.75) is 38.9 Å². The molecule has 0 aliphatic heterocycles. The molecule has 0 saturated carbocycles. The van der Waals surface area contributed by atoms with Crippen molar-refractivity contribution in [1.29, 1.82) is 0 Å². The maximum absolute atomic E-state index is 12.1. The SMILES string of the molecule is Cc1cc(C)n(CCCNC(=O)CSc2nnnn2-c2ccccc2C)n1. The fourth-order valence-corrected chi connectivity index (χ4v) is 3.47. The number of nitrogens with one attached hydrogen (secondary N) is 1. The molecule has 3 rings (SSSR count). The summed E-state index contributed by atoms with van der Waals surface area (Å²) in [5, 5.41) is 19.8. The van der Waals surface area contributed by atoms with E-state index in [2.05, 4.69) is 25.9 Å². The summed E-state index contributed by atoms with van der Waals surface area (Å²) < 4.78 is 3.63. The van der Waals surface area contributed by atoms with Crippen molar-refractivity contribution in [3.8, 4) is 5.69 Å². The number of hydrogen-bond donors (Lipinski definition) is 1. The van der Waals surface area contributed by atoms with Gasteiger partial charge in [-0.15, -0.1) is 5.10 Å². The molecule has 142 valence electrons. The molecule has 0 spiro atoms. The molecular formula is C18H23N7OS. The van der Waals surface area contributed by atoms with Crippen molar-refractivity contribution >= 4 is 17.7 Å². The van der Waals surface area contributed by atoms with Gasteiger partial charge in [0, 0.05) is 18.8 Å². The van der Waals surface area contributed by atoms with Crippen LogP contribution in [0.1, 0.15) is 23.4 Å². The number of thioether (sulfide) groups is 1. The fourth-order valence-electron chi connectivity index (χ4n) is 2.76. The molecule has 0 atom stereocenters. The standard InChI is InChI=1S/C18H23N7OS/c1-13-7-4-5-8-16(13)25-18(20-22-23-25)27-12-17(26)19-9-6-10-24-15(3)11-14(2)21-24/h4-5,7-8,11H,6,9-10,12H2,1-3H3,(H,19,26). The first kappa shape index (κ1) is 19.1. The number of hydrogen-bond acceptors (Lipinski definition) is 6. The first-order valence-corrected chi connectivity index (χ1v) is 9.78. The number of tetrazole rings is 1. The van der Waals surface area contributed by atoms with Crippen LogP contribution in [-0.2, 0) is 11.3 Å². The molecule has 1 aromatic carbocycles. The van der Waals surface area contributed by atoms with Crippen LogP contribution in [0.2, 0.25) is 0 Å². The first-order chi connectivity index (χ1) is 13.0. The van der Waals surface area contributed by atoms with Crippen molar-refractivity contribution in [3.63, 3.8) is 0 Å². The third-order valence-corrected chi connectivity index (χ3v) is 5.01. The van der Waals surface area contributed by atoms with E-state index in [1.165, 1.54) is 11.8 Å². The molecule has 3 aromatic rings. The molecule has 0 aliphatic carbocycles. The Kier molecular flexibility index (Phi) is 6.23. The van der Waals surface area contributed by atoms with E-state index >= 15 is 0 Å². The number of amides is 1. The predicted molar refractivity (Wildman–Crippen MR) is 104 cm³/mol. The zero-order chi connectivity index (χ0) is 19.2. The van der Waals surface area contributed by atoms with Crippen LogP contribution in [0.5, 0.6) is 0 Å². The molecule has 0 saturated heterocycles. The molecule has 2 aromatic heterocycles. The number of para-hydroxylation sites is 1. The Morgan fingerprint density at radius 2 is 2.04 bits per heavy atom. The average molecular weight is 385 g/mol. The maximum Gasteiger partial charge on any atom is 0.230 e. The Morgan fingerprint density at radius 3 is 2.78 bits per heavy atom. The third-order valence-electron chi connectivity index (χ3n) is 4.09. The highest BCUT2D eigenvalue weighted by Crippen LogP contribution is 2.20. The highest BCUT2D eigenvalue weighted by Gasteiger charge is 2.12. The van der Waals surface area contributed by atoms with Gasteiger partial charge in [0.05, 0.1) is 17.1 Å². The van der Waals surface area contributed by atoms with Gasteiger partial charge in [-0.05, 0) is 55.3 Å². The molecule has 1 amide bonds. The predicted octanol–water partition coefficient (Wildman–Crippen LogP) is 2.08. The summed E-state index contributed by atoms with van der Waals surface area (Å²) in [5.41, 5.74) is 4.13. The van der Waals surface area contributed by atoms with Crippen molar-refractivity contribution < 1.29 is 4.79 Å². The minimum absolute atomic E-state index is 0.0345. The number of carbonyl (C=O) groups excluding carboxylic acids is 1.